The molecule has 0 aliphatic rings. The summed E-state index contributed by atoms with van der Waals surface area (Å²) in [6, 6.07) is 19.0. The standard InChI is InChI=1S/C27H28N6O2/c1-18-23(32-26(34)29-17-27(2,3)4)16-33-25(18)24(19(14-28)15-30-33)31-20-10-12-22(13-11-20)35-21-8-6-5-7-9-21/h5-13,15-16,31H,17H2,1-4H3,(H2,29,32,34). The Balaban J connectivity index is 1.58. The van der Waals surface area contributed by atoms with Crippen LogP contribution in [0.15, 0.2) is 67.0 Å². The fourth-order valence-electron chi connectivity index (χ4n) is 3.51. The monoisotopic (exact) mass is 468 g/mol. The molecule has 2 aromatic heterocycles. The number of urea groups is 1. The van der Waals surface area contributed by atoms with Crippen molar-refractivity contribution in [2.75, 3.05) is 17.2 Å². The predicted octanol–water partition coefficient (Wildman–Crippen LogP) is 6.22. The van der Waals surface area contributed by atoms with Crippen molar-refractivity contribution >= 4 is 28.6 Å². The summed E-state index contributed by atoms with van der Waals surface area (Å²) in [5.41, 5.74) is 3.89. The summed E-state index contributed by atoms with van der Waals surface area (Å²) in [6.45, 7) is 8.59. The number of fused-ring (bicyclic) bond motifs is 1. The van der Waals surface area contributed by atoms with E-state index in [0.717, 1.165) is 17.0 Å². The molecule has 3 N–H and O–H groups in total. The van der Waals surface area contributed by atoms with Crippen LogP contribution in [-0.2, 0) is 0 Å². The van der Waals surface area contributed by atoms with E-state index in [1.165, 1.54) is 6.20 Å². The van der Waals surface area contributed by atoms with Crippen LogP contribution >= 0.6 is 0 Å². The lowest BCUT2D eigenvalue weighted by atomic mass is 9.97. The molecule has 0 spiro atoms. The van der Waals surface area contributed by atoms with Gasteiger partial charge in [0.05, 0.1) is 34.8 Å². The van der Waals surface area contributed by atoms with E-state index in [1.807, 2.05) is 61.5 Å². The minimum Gasteiger partial charge on any atom is -0.457 e. The van der Waals surface area contributed by atoms with Crippen LogP contribution in [0.2, 0.25) is 0 Å². The summed E-state index contributed by atoms with van der Waals surface area (Å²) in [7, 11) is 0. The van der Waals surface area contributed by atoms with E-state index in [1.54, 1.807) is 10.7 Å². The largest absolute Gasteiger partial charge is 0.457 e. The summed E-state index contributed by atoms with van der Waals surface area (Å²) in [4.78, 5) is 12.4. The molecule has 8 heteroatoms. The maximum absolute atomic E-state index is 12.4. The lowest BCUT2D eigenvalue weighted by Gasteiger charge is -2.18. The van der Waals surface area contributed by atoms with Crippen LogP contribution < -0.4 is 20.7 Å². The Bertz CT molecular complexity index is 1380. The fourth-order valence-corrected chi connectivity index (χ4v) is 3.51. The lowest BCUT2D eigenvalue weighted by Crippen LogP contribution is -2.35. The fraction of sp³-hybridized carbons (Fsp3) is 0.222. The number of para-hydroxylation sites is 1. The van der Waals surface area contributed by atoms with Gasteiger partial charge in [0.2, 0.25) is 0 Å². The van der Waals surface area contributed by atoms with Gasteiger partial charge < -0.3 is 20.7 Å². The van der Waals surface area contributed by atoms with E-state index in [9.17, 15) is 10.1 Å². The molecular weight excluding hydrogens is 440 g/mol. The zero-order chi connectivity index (χ0) is 25.0. The van der Waals surface area contributed by atoms with Crippen LogP contribution in [-0.4, -0.2) is 22.2 Å². The average molecular weight is 469 g/mol. The topological polar surface area (TPSA) is 103 Å². The molecule has 0 atom stereocenters. The van der Waals surface area contributed by atoms with Gasteiger partial charge in [0.15, 0.2) is 0 Å². The maximum Gasteiger partial charge on any atom is 0.319 e. The van der Waals surface area contributed by atoms with Crippen LogP contribution in [0.4, 0.5) is 21.9 Å². The molecule has 178 valence electrons. The highest BCUT2D eigenvalue weighted by molar-refractivity contribution is 5.94. The Hall–Kier alpha value is -4.51. The Labute approximate surface area is 204 Å². The van der Waals surface area contributed by atoms with Crippen LogP contribution in [0.3, 0.4) is 0 Å². The number of nitriles is 1. The van der Waals surface area contributed by atoms with Crippen molar-refractivity contribution < 1.29 is 9.53 Å². The number of ether oxygens (including phenoxy) is 1. The molecule has 0 unspecified atom stereocenters. The molecule has 2 aromatic carbocycles. The Morgan fingerprint density at radius 3 is 2.43 bits per heavy atom. The molecule has 0 saturated carbocycles. The first kappa shape index (κ1) is 23.6. The second-order valence-corrected chi connectivity index (χ2v) is 9.44. The molecule has 2 heterocycles. The zero-order valence-electron chi connectivity index (χ0n) is 20.2. The molecule has 4 aromatic rings. The van der Waals surface area contributed by atoms with Crippen LogP contribution in [0.25, 0.3) is 5.52 Å². The Morgan fingerprint density at radius 2 is 1.77 bits per heavy atom. The van der Waals surface area contributed by atoms with Gasteiger partial charge in [-0.2, -0.15) is 10.4 Å². The van der Waals surface area contributed by atoms with Crippen molar-refractivity contribution in [1.29, 1.82) is 5.26 Å². The number of hydrogen-bond donors (Lipinski definition) is 3. The van der Waals surface area contributed by atoms with Gasteiger partial charge in [0.1, 0.15) is 17.6 Å². The van der Waals surface area contributed by atoms with Gasteiger partial charge in [0, 0.05) is 17.8 Å². The number of anilines is 3. The molecule has 0 saturated heterocycles. The minimum atomic E-state index is -0.289. The van der Waals surface area contributed by atoms with Crippen LogP contribution in [0.1, 0.15) is 31.9 Å². The van der Waals surface area contributed by atoms with Gasteiger partial charge in [-0.1, -0.05) is 39.0 Å². The summed E-state index contributed by atoms with van der Waals surface area (Å²) in [6.07, 6.45) is 3.25. The molecule has 35 heavy (non-hydrogen) atoms. The molecule has 0 bridgehead atoms. The van der Waals surface area contributed by atoms with Gasteiger partial charge in [-0.05, 0) is 48.7 Å². The van der Waals surface area contributed by atoms with Crippen LogP contribution in [0.5, 0.6) is 11.5 Å². The van der Waals surface area contributed by atoms with Crippen molar-refractivity contribution in [3.63, 3.8) is 0 Å². The molecular formula is C27H28N6O2. The molecule has 0 fully saturated rings. The van der Waals surface area contributed by atoms with Gasteiger partial charge in [0.25, 0.3) is 0 Å². The number of benzene rings is 2. The van der Waals surface area contributed by atoms with Crippen LogP contribution in [0, 0.1) is 23.7 Å². The summed E-state index contributed by atoms with van der Waals surface area (Å²) < 4.78 is 7.52. The summed E-state index contributed by atoms with van der Waals surface area (Å²) >= 11 is 0. The number of nitrogens with one attached hydrogen (secondary N) is 3. The van der Waals surface area contributed by atoms with E-state index in [4.69, 9.17) is 4.74 Å². The molecule has 0 aliphatic carbocycles. The van der Waals surface area contributed by atoms with E-state index >= 15 is 0 Å². The molecule has 8 nitrogen and oxygen atoms in total. The number of carbonyl (C=O) groups is 1. The van der Waals surface area contributed by atoms with Gasteiger partial charge >= 0.3 is 6.03 Å². The lowest BCUT2D eigenvalue weighted by molar-refractivity contribution is 0.247. The second kappa shape index (κ2) is 9.77. The maximum atomic E-state index is 12.4. The van der Waals surface area contributed by atoms with E-state index in [-0.39, 0.29) is 11.4 Å². The normalized spacial score (nSPS) is 11.1. The van der Waals surface area contributed by atoms with Gasteiger partial charge in [-0.3, -0.25) is 0 Å². The second-order valence-electron chi connectivity index (χ2n) is 9.44. The highest BCUT2D eigenvalue weighted by Crippen LogP contribution is 2.33. The van der Waals surface area contributed by atoms with E-state index in [0.29, 0.717) is 34.7 Å². The Kier molecular flexibility index (Phi) is 6.60. The third kappa shape index (κ3) is 5.71. The number of aryl methyl sites for hydroxylation is 1. The Morgan fingerprint density at radius 1 is 1.09 bits per heavy atom. The minimum absolute atomic E-state index is 0.0279. The first-order chi connectivity index (χ1) is 16.7. The highest BCUT2D eigenvalue weighted by Gasteiger charge is 2.18. The smallest absolute Gasteiger partial charge is 0.319 e. The number of hydrogen-bond acceptors (Lipinski definition) is 5. The number of rotatable bonds is 6. The van der Waals surface area contributed by atoms with E-state index < -0.39 is 0 Å². The van der Waals surface area contributed by atoms with Crippen molar-refractivity contribution in [3.8, 4) is 17.6 Å². The average Bonchev–Trinajstić information content (AvgIpc) is 3.15. The number of nitrogens with zero attached hydrogens (tertiary/aromatic N) is 3. The van der Waals surface area contributed by atoms with Crippen molar-refractivity contribution in [3.05, 3.63) is 78.1 Å². The first-order valence-corrected chi connectivity index (χ1v) is 11.3. The third-order valence-corrected chi connectivity index (χ3v) is 5.31. The highest BCUT2D eigenvalue weighted by atomic mass is 16.5. The summed E-state index contributed by atoms with van der Waals surface area (Å²) in [5.74, 6) is 1.46. The quantitative estimate of drug-likeness (QED) is 0.312. The molecule has 0 aliphatic heterocycles. The van der Waals surface area contributed by atoms with Crippen molar-refractivity contribution in [1.82, 2.24) is 14.9 Å². The zero-order valence-corrected chi connectivity index (χ0v) is 20.2. The SMILES string of the molecule is Cc1c(NC(=O)NCC(C)(C)C)cn2ncc(C#N)c(Nc3ccc(Oc4ccccc4)cc3)c12. The molecule has 2 amide bonds. The predicted molar refractivity (Wildman–Crippen MR) is 137 cm³/mol. The first-order valence-electron chi connectivity index (χ1n) is 11.3. The van der Waals surface area contributed by atoms with Gasteiger partial charge in [-0.25, -0.2) is 9.31 Å². The van der Waals surface area contributed by atoms with Crippen molar-refractivity contribution in [2.45, 2.75) is 27.7 Å². The van der Waals surface area contributed by atoms with E-state index in [2.05, 4.69) is 47.9 Å². The third-order valence-electron chi connectivity index (χ3n) is 5.31. The number of aromatic nitrogens is 2. The summed E-state index contributed by atoms with van der Waals surface area (Å²) in [5, 5.41) is 23.2. The number of amides is 2. The number of carbonyl (C=O) groups excluding carboxylic acids is 1. The molecule has 0 radical (unpaired) electrons. The van der Waals surface area contributed by atoms with Crippen molar-refractivity contribution in [2.24, 2.45) is 5.41 Å². The van der Waals surface area contributed by atoms with Gasteiger partial charge in [-0.15, -0.1) is 0 Å². The molecule has 4 rings (SSSR count).